The van der Waals surface area contributed by atoms with Crippen molar-refractivity contribution < 1.29 is 13.6 Å². The number of Topliss-reactive ketones (excluding diaryl/α,β-unsaturated/α-hetero) is 1. The number of ketones is 1. The van der Waals surface area contributed by atoms with Gasteiger partial charge in [-0.15, -0.1) is 11.3 Å². The first-order chi connectivity index (χ1) is 14.3. The van der Waals surface area contributed by atoms with E-state index in [1.165, 1.54) is 11.3 Å². The van der Waals surface area contributed by atoms with Crippen molar-refractivity contribution in [3.8, 4) is 21.6 Å². The largest absolute Gasteiger partial charge is 0.755 e. The van der Waals surface area contributed by atoms with E-state index in [2.05, 4.69) is 9.62 Å². The first-order valence-electron chi connectivity index (χ1n) is 9.36. The van der Waals surface area contributed by atoms with Crippen LogP contribution in [0.2, 0.25) is 5.02 Å². The average molecular weight is 462 g/mol. The van der Waals surface area contributed by atoms with Crippen LogP contribution in [0, 0.1) is 0 Å². The van der Waals surface area contributed by atoms with Crippen LogP contribution in [-0.4, -0.2) is 33.5 Å². The molecule has 0 saturated heterocycles. The number of halogens is 1. The highest BCUT2D eigenvalue weighted by molar-refractivity contribution is 7.80. The van der Waals surface area contributed by atoms with Gasteiger partial charge in [-0.1, -0.05) is 42.8 Å². The van der Waals surface area contributed by atoms with Crippen molar-refractivity contribution >= 4 is 45.7 Å². The van der Waals surface area contributed by atoms with Crippen LogP contribution in [0.1, 0.15) is 28.6 Å². The minimum Gasteiger partial charge on any atom is -0.755 e. The molecule has 0 saturated carbocycles. The Morgan fingerprint density at radius 1 is 1.10 bits per heavy atom. The van der Waals surface area contributed by atoms with Crippen LogP contribution in [-0.2, 0) is 17.8 Å². The molecule has 1 heterocycles. The maximum Gasteiger partial charge on any atom is 0.173 e. The van der Waals surface area contributed by atoms with Gasteiger partial charge >= 0.3 is 0 Å². The fourth-order valence-electron chi connectivity index (χ4n) is 3.23. The highest BCUT2D eigenvalue weighted by Crippen LogP contribution is 2.44. The number of hydrogen-bond acceptors (Lipinski definition) is 5. The summed E-state index contributed by atoms with van der Waals surface area (Å²) in [6.45, 7) is 2.52. The topological polar surface area (TPSA) is 72.5 Å². The Kier molecular flexibility index (Phi) is 7.44. The minimum atomic E-state index is -2.39. The van der Waals surface area contributed by atoms with Crippen LogP contribution in [0.3, 0.4) is 0 Å². The predicted octanol–water partition coefficient (Wildman–Crippen LogP) is 5.60. The molecule has 3 rings (SSSR count). The summed E-state index contributed by atoms with van der Waals surface area (Å²) in [6, 6.07) is 14.7. The Morgan fingerprint density at radius 3 is 2.23 bits per heavy atom. The van der Waals surface area contributed by atoms with Crippen LogP contribution < -0.4 is 4.72 Å². The number of nitrogens with zero attached hydrogens (tertiary/aromatic N) is 1. The second-order valence-corrected chi connectivity index (χ2v) is 9.18. The summed E-state index contributed by atoms with van der Waals surface area (Å²) < 4.78 is 24.1. The molecule has 30 heavy (non-hydrogen) atoms. The summed E-state index contributed by atoms with van der Waals surface area (Å²) in [6.07, 6.45) is 0.407. The molecular weight excluding hydrogens is 440 g/mol. The first kappa shape index (κ1) is 22.7. The molecule has 0 fully saturated rings. The maximum atomic E-state index is 12.8. The van der Waals surface area contributed by atoms with E-state index in [-0.39, 0.29) is 5.78 Å². The van der Waals surface area contributed by atoms with E-state index in [0.29, 0.717) is 28.6 Å². The van der Waals surface area contributed by atoms with Gasteiger partial charge in [0.25, 0.3) is 0 Å². The number of nitrogens with one attached hydrogen (secondary N) is 1. The van der Waals surface area contributed by atoms with Gasteiger partial charge in [-0.2, -0.15) is 0 Å². The first-order valence-corrected chi connectivity index (χ1v) is 11.6. The number of benzene rings is 2. The van der Waals surface area contributed by atoms with Crippen LogP contribution >= 0.6 is 22.9 Å². The SMILES string of the molecule is CCC(=O)c1sc(-c2ccc(Cl)cc2)c(CN(C)C)c1-c1ccc(NS(=O)[O-])cc1. The van der Waals surface area contributed by atoms with Gasteiger partial charge < -0.3 is 14.2 Å². The van der Waals surface area contributed by atoms with Gasteiger partial charge in [0.2, 0.25) is 0 Å². The van der Waals surface area contributed by atoms with Crippen molar-refractivity contribution in [3.63, 3.8) is 0 Å². The summed E-state index contributed by atoms with van der Waals surface area (Å²) in [5.74, 6) is 0.0816. The number of thiophene rings is 1. The van der Waals surface area contributed by atoms with Crippen molar-refractivity contribution in [2.45, 2.75) is 19.9 Å². The summed E-state index contributed by atoms with van der Waals surface area (Å²) in [5, 5.41) is 0.661. The van der Waals surface area contributed by atoms with Crippen molar-refractivity contribution in [2.24, 2.45) is 0 Å². The molecule has 1 atom stereocenters. The van der Waals surface area contributed by atoms with E-state index >= 15 is 0 Å². The highest BCUT2D eigenvalue weighted by atomic mass is 35.5. The monoisotopic (exact) mass is 461 g/mol. The molecule has 1 aromatic heterocycles. The van der Waals surface area contributed by atoms with Crippen LogP contribution in [0.4, 0.5) is 5.69 Å². The van der Waals surface area contributed by atoms with Crippen molar-refractivity contribution in [3.05, 3.63) is 64.0 Å². The van der Waals surface area contributed by atoms with Gasteiger partial charge in [-0.05, 0) is 55.1 Å². The Bertz CT molecular complexity index is 1060. The third-order valence-corrected chi connectivity index (χ3v) is 6.51. The third-order valence-electron chi connectivity index (χ3n) is 4.54. The summed E-state index contributed by atoms with van der Waals surface area (Å²) in [5.41, 5.74) is 4.33. The van der Waals surface area contributed by atoms with E-state index in [1.807, 2.05) is 57.4 Å². The van der Waals surface area contributed by atoms with Crippen molar-refractivity contribution in [1.29, 1.82) is 0 Å². The number of anilines is 1. The summed E-state index contributed by atoms with van der Waals surface area (Å²) in [4.78, 5) is 16.7. The molecule has 5 nitrogen and oxygen atoms in total. The van der Waals surface area contributed by atoms with Gasteiger partial charge in [-0.3, -0.25) is 9.00 Å². The molecule has 0 aliphatic rings. The molecule has 1 unspecified atom stereocenters. The second-order valence-electron chi connectivity index (χ2n) is 7.05. The fourth-order valence-corrected chi connectivity index (χ4v) is 5.03. The number of carbonyl (C=O) groups is 1. The highest BCUT2D eigenvalue weighted by Gasteiger charge is 2.24. The average Bonchev–Trinajstić information content (AvgIpc) is 3.06. The summed E-state index contributed by atoms with van der Waals surface area (Å²) in [7, 11) is 3.98. The molecule has 2 aromatic carbocycles. The third kappa shape index (κ3) is 5.17. The van der Waals surface area contributed by atoms with Crippen LogP contribution in [0.25, 0.3) is 21.6 Å². The lowest BCUT2D eigenvalue weighted by Gasteiger charge is -2.15. The lowest BCUT2D eigenvalue weighted by Crippen LogP contribution is -2.12. The lowest BCUT2D eigenvalue weighted by atomic mass is 9.96. The Hall–Kier alpha value is -2.03. The van der Waals surface area contributed by atoms with E-state index in [4.69, 9.17) is 11.6 Å². The molecule has 3 aromatic rings. The molecule has 0 aliphatic heterocycles. The number of carbonyl (C=O) groups excluding carboxylic acids is 1. The van der Waals surface area contributed by atoms with E-state index in [9.17, 15) is 13.6 Å². The van der Waals surface area contributed by atoms with Gasteiger partial charge in [0.05, 0.1) is 4.88 Å². The van der Waals surface area contributed by atoms with E-state index in [0.717, 1.165) is 27.1 Å². The molecule has 1 N–H and O–H groups in total. The molecule has 8 heteroatoms. The second kappa shape index (κ2) is 9.85. The van der Waals surface area contributed by atoms with Crippen LogP contribution in [0.5, 0.6) is 0 Å². The van der Waals surface area contributed by atoms with Gasteiger partial charge in [0.1, 0.15) is 0 Å². The van der Waals surface area contributed by atoms with Crippen molar-refractivity contribution in [2.75, 3.05) is 18.8 Å². The molecule has 0 bridgehead atoms. The van der Waals surface area contributed by atoms with Gasteiger partial charge in [-0.25, -0.2) is 0 Å². The Morgan fingerprint density at radius 2 is 1.70 bits per heavy atom. The molecule has 0 spiro atoms. The molecular formula is C22H22ClN2O3S2-. The summed E-state index contributed by atoms with van der Waals surface area (Å²) >= 11 is 5.18. The minimum absolute atomic E-state index is 0.0816. The zero-order valence-corrected chi connectivity index (χ0v) is 19.3. The smallest absolute Gasteiger partial charge is 0.173 e. The van der Waals surface area contributed by atoms with Gasteiger partial charge in [0.15, 0.2) is 5.78 Å². The number of rotatable bonds is 8. The standard InChI is InChI=1S/C22H23ClN2O3S2/c1-4-19(26)22-20(14-7-11-17(12-8-14)24-30(27)28)18(13-25(2)3)21(29-22)15-5-9-16(23)10-6-15/h5-12,24H,4,13H2,1-3H3,(H,27,28)/p-1. The Labute approximate surface area is 188 Å². The lowest BCUT2D eigenvalue weighted by molar-refractivity contribution is 0.0992. The predicted molar refractivity (Wildman–Crippen MR) is 125 cm³/mol. The van der Waals surface area contributed by atoms with E-state index in [1.54, 1.807) is 12.1 Å². The zero-order valence-electron chi connectivity index (χ0n) is 16.9. The molecule has 0 aliphatic carbocycles. The van der Waals surface area contributed by atoms with Crippen LogP contribution in [0.15, 0.2) is 48.5 Å². The Balaban J connectivity index is 2.21. The zero-order chi connectivity index (χ0) is 21.8. The molecule has 0 amide bonds. The van der Waals surface area contributed by atoms with E-state index < -0.39 is 11.3 Å². The van der Waals surface area contributed by atoms with Gasteiger partial charge in [0, 0.05) is 45.4 Å². The number of hydrogen-bond donors (Lipinski definition) is 1. The maximum absolute atomic E-state index is 12.8. The fraction of sp³-hybridized carbons (Fsp3) is 0.227. The normalized spacial score (nSPS) is 12.2. The molecule has 0 radical (unpaired) electrons. The van der Waals surface area contributed by atoms with Crippen molar-refractivity contribution in [1.82, 2.24) is 4.90 Å². The quantitative estimate of drug-likeness (QED) is 0.350. The molecule has 158 valence electrons.